The molecule has 1 amide bonds. The van der Waals surface area contributed by atoms with Crippen LogP contribution in [0.5, 0.6) is 17.2 Å². The third kappa shape index (κ3) is 4.75. The largest absolute Gasteiger partial charge is 0.490 e. The molecule has 1 aromatic carbocycles. The average molecular weight is 390 g/mol. The van der Waals surface area contributed by atoms with Crippen LogP contribution in [0.25, 0.3) is 0 Å². The lowest BCUT2D eigenvalue weighted by atomic mass is 10.1. The number of benzene rings is 1. The minimum atomic E-state index is 0.00801. The number of carbonyl (C=O) groups is 1. The van der Waals surface area contributed by atoms with E-state index in [1.54, 1.807) is 23.5 Å². The standard InChI is InChI=1S/C21H27NO4S/c1-4-24-18-11-16(12-19(25-5-2)20(18)26-6-3)21(23)22(17-7-8-17)13-15-9-10-27-14-15/h9-12,14,17H,4-8,13H2,1-3H3. The smallest absolute Gasteiger partial charge is 0.254 e. The van der Waals surface area contributed by atoms with Crippen molar-refractivity contribution in [2.24, 2.45) is 0 Å². The molecule has 1 fully saturated rings. The highest BCUT2D eigenvalue weighted by atomic mass is 32.1. The third-order valence-corrected chi connectivity index (χ3v) is 5.07. The van der Waals surface area contributed by atoms with Crippen LogP contribution in [0.3, 0.4) is 0 Å². The maximum Gasteiger partial charge on any atom is 0.254 e. The maximum absolute atomic E-state index is 13.3. The first-order chi connectivity index (χ1) is 13.2. The number of amides is 1. The van der Waals surface area contributed by atoms with Crippen molar-refractivity contribution in [3.05, 3.63) is 40.1 Å². The monoisotopic (exact) mass is 389 g/mol. The fourth-order valence-corrected chi connectivity index (χ4v) is 3.67. The Bertz CT molecular complexity index is 729. The fourth-order valence-electron chi connectivity index (χ4n) is 3.01. The van der Waals surface area contributed by atoms with Crippen molar-refractivity contribution in [3.8, 4) is 17.2 Å². The molecule has 1 aliphatic carbocycles. The summed E-state index contributed by atoms with van der Waals surface area (Å²) in [4.78, 5) is 15.3. The first-order valence-corrected chi connectivity index (χ1v) is 10.5. The first kappa shape index (κ1) is 19.5. The van der Waals surface area contributed by atoms with E-state index in [-0.39, 0.29) is 5.91 Å². The predicted octanol–water partition coefficient (Wildman–Crippen LogP) is 4.75. The van der Waals surface area contributed by atoms with E-state index in [1.807, 2.05) is 31.1 Å². The molecule has 146 valence electrons. The lowest BCUT2D eigenvalue weighted by Gasteiger charge is -2.23. The van der Waals surface area contributed by atoms with Crippen LogP contribution < -0.4 is 14.2 Å². The summed E-state index contributed by atoms with van der Waals surface area (Å²) in [6.45, 7) is 7.86. The van der Waals surface area contributed by atoms with E-state index >= 15 is 0 Å². The Labute approximate surface area is 164 Å². The Balaban J connectivity index is 1.94. The maximum atomic E-state index is 13.3. The van der Waals surface area contributed by atoms with Crippen LogP contribution in [0.15, 0.2) is 29.0 Å². The van der Waals surface area contributed by atoms with E-state index in [9.17, 15) is 4.79 Å². The van der Waals surface area contributed by atoms with Gasteiger partial charge in [-0.25, -0.2) is 0 Å². The molecule has 1 saturated carbocycles. The van der Waals surface area contributed by atoms with E-state index in [0.29, 0.717) is 55.2 Å². The zero-order chi connectivity index (χ0) is 19.2. The molecule has 3 rings (SSSR count). The molecule has 0 unspecified atom stereocenters. The molecule has 0 saturated heterocycles. The van der Waals surface area contributed by atoms with Crippen LogP contribution in [0.4, 0.5) is 0 Å². The Morgan fingerprint density at radius 3 is 2.19 bits per heavy atom. The highest BCUT2D eigenvalue weighted by Gasteiger charge is 2.34. The highest BCUT2D eigenvalue weighted by Crippen LogP contribution is 2.40. The normalized spacial score (nSPS) is 13.3. The van der Waals surface area contributed by atoms with E-state index < -0.39 is 0 Å². The fraction of sp³-hybridized carbons (Fsp3) is 0.476. The summed E-state index contributed by atoms with van der Waals surface area (Å²) in [5.74, 6) is 1.68. The molecule has 0 radical (unpaired) electrons. The van der Waals surface area contributed by atoms with E-state index in [0.717, 1.165) is 12.8 Å². The molecule has 0 aliphatic heterocycles. The lowest BCUT2D eigenvalue weighted by Crippen LogP contribution is -2.32. The Hall–Kier alpha value is -2.21. The minimum absolute atomic E-state index is 0.00801. The van der Waals surface area contributed by atoms with Gasteiger partial charge in [0.1, 0.15) is 0 Å². The number of nitrogens with zero attached hydrogens (tertiary/aromatic N) is 1. The molecule has 1 aliphatic rings. The van der Waals surface area contributed by atoms with Crippen LogP contribution in [0.1, 0.15) is 49.5 Å². The van der Waals surface area contributed by atoms with Gasteiger partial charge in [0.2, 0.25) is 5.75 Å². The second kappa shape index (κ2) is 9.13. The van der Waals surface area contributed by atoms with Gasteiger partial charge < -0.3 is 19.1 Å². The van der Waals surface area contributed by atoms with Crippen LogP contribution in [-0.4, -0.2) is 36.7 Å². The second-order valence-electron chi connectivity index (χ2n) is 6.40. The van der Waals surface area contributed by atoms with Gasteiger partial charge in [-0.05, 0) is 68.1 Å². The molecule has 6 heteroatoms. The zero-order valence-corrected chi connectivity index (χ0v) is 17.0. The molecular formula is C21H27NO4S. The van der Waals surface area contributed by atoms with Crippen LogP contribution >= 0.6 is 11.3 Å². The number of hydrogen-bond acceptors (Lipinski definition) is 5. The summed E-state index contributed by atoms with van der Waals surface area (Å²) in [6.07, 6.45) is 2.12. The Kier molecular flexibility index (Phi) is 6.61. The van der Waals surface area contributed by atoms with E-state index in [1.165, 1.54) is 5.56 Å². The van der Waals surface area contributed by atoms with Gasteiger partial charge in [-0.3, -0.25) is 4.79 Å². The summed E-state index contributed by atoms with van der Waals surface area (Å²) < 4.78 is 17.3. The molecule has 0 bridgehead atoms. The zero-order valence-electron chi connectivity index (χ0n) is 16.2. The second-order valence-corrected chi connectivity index (χ2v) is 7.18. The van der Waals surface area contributed by atoms with Crippen LogP contribution in [0.2, 0.25) is 0 Å². The van der Waals surface area contributed by atoms with Crippen molar-refractivity contribution >= 4 is 17.2 Å². The summed E-state index contributed by atoms with van der Waals surface area (Å²) in [6, 6.07) is 5.95. The minimum Gasteiger partial charge on any atom is -0.490 e. The third-order valence-electron chi connectivity index (χ3n) is 4.34. The van der Waals surface area contributed by atoms with Gasteiger partial charge in [-0.2, -0.15) is 11.3 Å². The number of rotatable bonds is 10. The average Bonchev–Trinajstić information content (AvgIpc) is 3.37. The van der Waals surface area contributed by atoms with Crippen LogP contribution in [-0.2, 0) is 6.54 Å². The molecule has 1 heterocycles. The number of thiophene rings is 1. The topological polar surface area (TPSA) is 48.0 Å². The highest BCUT2D eigenvalue weighted by molar-refractivity contribution is 7.07. The van der Waals surface area contributed by atoms with Gasteiger partial charge in [0.25, 0.3) is 5.91 Å². The van der Waals surface area contributed by atoms with Crippen molar-refractivity contribution in [1.29, 1.82) is 0 Å². The van der Waals surface area contributed by atoms with Crippen molar-refractivity contribution in [1.82, 2.24) is 4.90 Å². The predicted molar refractivity (Wildman–Crippen MR) is 107 cm³/mol. The molecule has 27 heavy (non-hydrogen) atoms. The molecule has 0 N–H and O–H groups in total. The van der Waals surface area contributed by atoms with E-state index in [2.05, 4.69) is 11.4 Å². The van der Waals surface area contributed by atoms with E-state index in [4.69, 9.17) is 14.2 Å². The molecule has 0 spiro atoms. The number of ether oxygens (including phenoxy) is 3. The molecule has 0 atom stereocenters. The van der Waals surface area contributed by atoms with Gasteiger partial charge in [0.15, 0.2) is 11.5 Å². The molecule has 2 aromatic rings. The Morgan fingerprint density at radius 2 is 1.70 bits per heavy atom. The van der Waals surface area contributed by atoms with Gasteiger partial charge in [0.05, 0.1) is 19.8 Å². The van der Waals surface area contributed by atoms with Crippen molar-refractivity contribution in [3.63, 3.8) is 0 Å². The van der Waals surface area contributed by atoms with Crippen molar-refractivity contribution < 1.29 is 19.0 Å². The SMILES string of the molecule is CCOc1cc(C(=O)N(Cc2ccsc2)C2CC2)cc(OCC)c1OCC. The first-order valence-electron chi connectivity index (χ1n) is 9.56. The van der Waals surface area contributed by atoms with Gasteiger partial charge >= 0.3 is 0 Å². The molecule has 1 aromatic heterocycles. The van der Waals surface area contributed by atoms with Gasteiger partial charge in [-0.15, -0.1) is 0 Å². The van der Waals surface area contributed by atoms with Gasteiger partial charge in [0, 0.05) is 18.2 Å². The van der Waals surface area contributed by atoms with Crippen LogP contribution in [0, 0.1) is 0 Å². The number of hydrogen-bond donors (Lipinski definition) is 0. The Morgan fingerprint density at radius 1 is 1.07 bits per heavy atom. The lowest BCUT2D eigenvalue weighted by molar-refractivity contribution is 0.0729. The molecule has 5 nitrogen and oxygen atoms in total. The quantitative estimate of drug-likeness (QED) is 0.588. The summed E-state index contributed by atoms with van der Waals surface area (Å²) in [5.41, 5.74) is 1.74. The van der Waals surface area contributed by atoms with Crippen molar-refractivity contribution in [2.45, 2.75) is 46.2 Å². The van der Waals surface area contributed by atoms with Gasteiger partial charge in [-0.1, -0.05) is 0 Å². The summed E-state index contributed by atoms with van der Waals surface area (Å²) in [7, 11) is 0. The van der Waals surface area contributed by atoms with Crippen molar-refractivity contribution in [2.75, 3.05) is 19.8 Å². The summed E-state index contributed by atoms with van der Waals surface area (Å²) in [5, 5.41) is 4.14. The summed E-state index contributed by atoms with van der Waals surface area (Å²) >= 11 is 1.65. The number of carbonyl (C=O) groups excluding carboxylic acids is 1. The molecular weight excluding hydrogens is 362 g/mol.